The number of halogens is 1. The molecule has 4 nitrogen and oxygen atoms in total. The van der Waals surface area contributed by atoms with E-state index in [0.29, 0.717) is 5.56 Å². The summed E-state index contributed by atoms with van der Waals surface area (Å²) in [6.45, 7) is 3.96. The molecular weight excluding hydrogens is 309 g/mol. The zero-order chi connectivity index (χ0) is 17.5. The van der Waals surface area contributed by atoms with Crippen molar-refractivity contribution in [3.63, 3.8) is 0 Å². The lowest BCUT2D eigenvalue weighted by atomic mass is 10.1. The average Bonchev–Trinajstić information content (AvgIpc) is 2.53. The molecule has 1 atom stereocenters. The van der Waals surface area contributed by atoms with Crippen LogP contribution in [0.15, 0.2) is 48.5 Å². The Morgan fingerprint density at radius 1 is 1.21 bits per heavy atom. The molecule has 0 aliphatic carbocycles. The Kier molecular flexibility index (Phi) is 6.32. The van der Waals surface area contributed by atoms with Gasteiger partial charge < -0.3 is 15.2 Å². The van der Waals surface area contributed by atoms with Crippen LogP contribution in [0.5, 0.6) is 5.75 Å². The molecule has 0 aliphatic heterocycles. The van der Waals surface area contributed by atoms with Gasteiger partial charge in [0.1, 0.15) is 11.6 Å². The van der Waals surface area contributed by atoms with Gasteiger partial charge >= 0.3 is 0 Å². The summed E-state index contributed by atoms with van der Waals surface area (Å²) in [5.41, 5.74) is 1.39. The van der Waals surface area contributed by atoms with Gasteiger partial charge in [-0.25, -0.2) is 4.39 Å². The van der Waals surface area contributed by atoms with Gasteiger partial charge in [0, 0.05) is 6.54 Å². The Balaban J connectivity index is 1.85. The molecule has 0 saturated carbocycles. The summed E-state index contributed by atoms with van der Waals surface area (Å²) in [6, 6.07) is 12.9. The second-order valence-corrected chi connectivity index (χ2v) is 5.86. The highest BCUT2D eigenvalue weighted by Crippen LogP contribution is 2.16. The van der Waals surface area contributed by atoms with E-state index in [1.54, 1.807) is 0 Å². The second-order valence-electron chi connectivity index (χ2n) is 5.86. The predicted molar refractivity (Wildman–Crippen MR) is 90.3 cm³/mol. The summed E-state index contributed by atoms with van der Waals surface area (Å²) in [5.74, 6) is 0.165. The van der Waals surface area contributed by atoms with Crippen LogP contribution in [0, 0.1) is 5.82 Å². The Hall–Kier alpha value is -2.40. The average molecular weight is 331 g/mol. The number of benzene rings is 2. The smallest absolute Gasteiger partial charge is 0.224 e. The topological polar surface area (TPSA) is 58.6 Å². The number of hydrogen-bond acceptors (Lipinski definition) is 3. The van der Waals surface area contributed by atoms with Gasteiger partial charge in [0.25, 0.3) is 0 Å². The molecule has 128 valence electrons. The predicted octanol–water partition coefficient (Wildman–Crippen LogP) is 3.01. The fraction of sp³-hybridized carbons (Fsp3) is 0.316. The summed E-state index contributed by atoms with van der Waals surface area (Å²) in [4.78, 5) is 12.0. The molecule has 0 radical (unpaired) electrons. The first kappa shape index (κ1) is 17.9. The fourth-order valence-corrected chi connectivity index (χ4v) is 2.26. The third-order valence-corrected chi connectivity index (χ3v) is 3.38. The lowest BCUT2D eigenvalue weighted by molar-refractivity contribution is -0.120. The highest BCUT2D eigenvalue weighted by atomic mass is 19.1. The number of aliphatic hydroxyl groups is 1. The maximum Gasteiger partial charge on any atom is 0.224 e. The molecule has 0 spiro atoms. The number of hydrogen-bond donors (Lipinski definition) is 2. The molecule has 0 aromatic heterocycles. The number of aliphatic hydroxyl groups excluding tert-OH is 1. The van der Waals surface area contributed by atoms with Crippen molar-refractivity contribution >= 4 is 5.91 Å². The van der Waals surface area contributed by atoms with Gasteiger partial charge in [0.05, 0.1) is 18.6 Å². The van der Waals surface area contributed by atoms with Crippen LogP contribution in [-0.2, 0) is 11.2 Å². The Bertz CT molecular complexity index is 671. The van der Waals surface area contributed by atoms with Crippen molar-refractivity contribution < 1.29 is 19.0 Å². The van der Waals surface area contributed by atoms with Gasteiger partial charge in [-0.05, 0) is 49.2 Å². The van der Waals surface area contributed by atoms with Crippen LogP contribution in [-0.4, -0.2) is 23.7 Å². The van der Waals surface area contributed by atoms with Crippen molar-refractivity contribution in [2.75, 3.05) is 6.54 Å². The van der Waals surface area contributed by atoms with E-state index in [2.05, 4.69) is 5.32 Å². The summed E-state index contributed by atoms with van der Waals surface area (Å²) in [7, 11) is 0. The first-order valence-corrected chi connectivity index (χ1v) is 7.90. The van der Waals surface area contributed by atoms with Crippen molar-refractivity contribution in [3.8, 4) is 5.75 Å². The molecule has 0 bridgehead atoms. The molecule has 2 aromatic rings. The minimum atomic E-state index is -0.870. The van der Waals surface area contributed by atoms with Crippen molar-refractivity contribution in [2.24, 2.45) is 0 Å². The molecule has 0 heterocycles. The highest BCUT2D eigenvalue weighted by Gasteiger charge is 2.10. The summed E-state index contributed by atoms with van der Waals surface area (Å²) < 4.78 is 18.5. The Morgan fingerprint density at radius 2 is 1.92 bits per heavy atom. The molecule has 1 amide bonds. The van der Waals surface area contributed by atoms with Gasteiger partial charge in [-0.3, -0.25) is 4.79 Å². The third kappa shape index (κ3) is 5.66. The van der Waals surface area contributed by atoms with E-state index in [4.69, 9.17) is 4.74 Å². The van der Waals surface area contributed by atoms with E-state index in [0.717, 1.165) is 11.3 Å². The van der Waals surface area contributed by atoms with Crippen LogP contribution < -0.4 is 10.1 Å². The van der Waals surface area contributed by atoms with E-state index >= 15 is 0 Å². The first-order chi connectivity index (χ1) is 11.4. The zero-order valence-corrected chi connectivity index (χ0v) is 13.8. The number of amides is 1. The zero-order valence-electron chi connectivity index (χ0n) is 13.8. The van der Waals surface area contributed by atoms with Crippen molar-refractivity contribution in [1.29, 1.82) is 0 Å². The number of nitrogens with one attached hydrogen (secondary N) is 1. The number of carbonyl (C=O) groups is 1. The van der Waals surface area contributed by atoms with Gasteiger partial charge in [0.2, 0.25) is 5.91 Å². The van der Waals surface area contributed by atoms with Crippen LogP contribution >= 0.6 is 0 Å². The van der Waals surface area contributed by atoms with Crippen LogP contribution in [0.2, 0.25) is 0 Å². The highest BCUT2D eigenvalue weighted by molar-refractivity contribution is 5.78. The van der Waals surface area contributed by atoms with E-state index in [9.17, 15) is 14.3 Å². The van der Waals surface area contributed by atoms with Gasteiger partial charge in [0.15, 0.2) is 0 Å². The van der Waals surface area contributed by atoms with Gasteiger partial charge in [-0.2, -0.15) is 0 Å². The first-order valence-electron chi connectivity index (χ1n) is 7.90. The van der Waals surface area contributed by atoms with Crippen LogP contribution in [0.3, 0.4) is 0 Å². The van der Waals surface area contributed by atoms with Crippen molar-refractivity contribution in [1.82, 2.24) is 5.32 Å². The number of rotatable bonds is 7. The summed E-state index contributed by atoms with van der Waals surface area (Å²) >= 11 is 0. The third-order valence-electron chi connectivity index (χ3n) is 3.38. The standard InChI is InChI=1S/C19H22FNO3/c1-13(2)24-17-5-3-4-14(10-17)11-19(23)21-12-18(22)15-6-8-16(20)9-7-15/h3-10,13,18,22H,11-12H2,1-2H3,(H,21,23). The molecule has 5 heteroatoms. The Labute approximate surface area is 141 Å². The molecule has 0 aliphatic rings. The molecule has 1 unspecified atom stereocenters. The molecule has 2 rings (SSSR count). The monoisotopic (exact) mass is 331 g/mol. The van der Waals surface area contributed by atoms with E-state index in [1.165, 1.54) is 24.3 Å². The van der Waals surface area contributed by atoms with Crippen LogP contribution in [0.1, 0.15) is 31.1 Å². The summed E-state index contributed by atoms with van der Waals surface area (Å²) in [6.07, 6.45) is -0.601. The quantitative estimate of drug-likeness (QED) is 0.820. The van der Waals surface area contributed by atoms with E-state index < -0.39 is 6.10 Å². The summed E-state index contributed by atoms with van der Waals surface area (Å²) in [5, 5.41) is 12.7. The molecule has 2 N–H and O–H groups in total. The fourth-order valence-electron chi connectivity index (χ4n) is 2.26. The molecular formula is C19H22FNO3. The largest absolute Gasteiger partial charge is 0.491 e. The lowest BCUT2D eigenvalue weighted by Crippen LogP contribution is -2.29. The SMILES string of the molecule is CC(C)Oc1cccc(CC(=O)NCC(O)c2ccc(F)cc2)c1. The Morgan fingerprint density at radius 3 is 2.58 bits per heavy atom. The van der Waals surface area contributed by atoms with Gasteiger partial charge in [-0.15, -0.1) is 0 Å². The normalized spacial score (nSPS) is 12.0. The molecule has 2 aromatic carbocycles. The van der Waals surface area contributed by atoms with E-state index in [-0.39, 0.29) is 30.8 Å². The minimum Gasteiger partial charge on any atom is -0.491 e. The van der Waals surface area contributed by atoms with Crippen molar-refractivity contribution in [2.45, 2.75) is 32.5 Å². The van der Waals surface area contributed by atoms with Gasteiger partial charge in [-0.1, -0.05) is 24.3 Å². The lowest BCUT2D eigenvalue weighted by Gasteiger charge is -2.13. The van der Waals surface area contributed by atoms with E-state index in [1.807, 2.05) is 38.1 Å². The van der Waals surface area contributed by atoms with Crippen molar-refractivity contribution in [3.05, 3.63) is 65.5 Å². The maximum absolute atomic E-state index is 12.9. The second kappa shape index (κ2) is 8.45. The minimum absolute atomic E-state index is 0.0694. The molecule has 0 saturated heterocycles. The number of ether oxygens (including phenoxy) is 1. The van der Waals surface area contributed by atoms with Crippen LogP contribution in [0.25, 0.3) is 0 Å². The maximum atomic E-state index is 12.9. The van der Waals surface area contributed by atoms with Crippen LogP contribution in [0.4, 0.5) is 4.39 Å². The number of carbonyl (C=O) groups excluding carboxylic acids is 1. The molecule has 0 fully saturated rings. The molecule has 24 heavy (non-hydrogen) atoms.